The first kappa shape index (κ1) is 16.5. The minimum Gasteiger partial charge on any atom is -0.359 e. The lowest BCUT2D eigenvalue weighted by Gasteiger charge is -2.29. The van der Waals surface area contributed by atoms with Gasteiger partial charge in [-0.15, -0.1) is 0 Å². The second-order valence-electron chi connectivity index (χ2n) is 6.67. The van der Waals surface area contributed by atoms with E-state index in [0.29, 0.717) is 6.54 Å². The van der Waals surface area contributed by atoms with Crippen molar-refractivity contribution in [1.29, 1.82) is 0 Å². The molecule has 0 radical (unpaired) electrons. The minimum atomic E-state index is -0.0366. The molecule has 1 aromatic carbocycles. The van der Waals surface area contributed by atoms with Gasteiger partial charge in [-0.05, 0) is 23.6 Å². The van der Waals surface area contributed by atoms with Crippen molar-refractivity contribution in [2.24, 2.45) is 7.05 Å². The lowest BCUT2D eigenvalue weighted by atomic mass is 9.97. The average molecular weight is 351 g/mol. The van der Waals surface area contributed by atoms with E-state index in [-0.39, 0.29) is 5.91 Å². The van der Waals surface area contributed by atoms with E-state index in [1.54, 1.807) is 10.9 Å². The number of nitrogens with zero attached hydrogens (tertiary/aromatic N) is 4. The Morgan fingerprint density at radius 1 is 1.38 bits per heavy atom. The number of carbonyl (C=O) groups excluding carboxylic acids is 1. The summed E-state index contributed by atoms with van der Waals surface area (Å²) in [5.41, 5.74) is 5.15. The topological polar surface area (TPSA) is 76.2 Å². The molecule has 134 valence electrons. The van der Waals surface area contributed by atoms with Crippen molar-refractivity contribution in [2.45, 2.75) is 26.4 Å². The minimum absolute atomic E-state index is 0.0366. The molecule has 1 aliphatic heterocycles. The Morgan fingerprint density at radius 2 is 2.27 bits per heavy atom. The van der Waals surface area contributed by atoms with Gasteiger partial charge in [0.05, 0.1) is 12.7 Å². The van der Waals surface area contributed by atoms with E-state index in [2.05, 4.69) is 26.5 Å². The van der Waals surface area contributed by atoms with E-state index < -0.39 is 0 Å². The van der Waals surface area contributed by atoms with Gasteiger partial charge in [0.15, 0.2) is 5.76 Å². The van der Waals surface area contributed by atoms with Gasteiger partial charge in [-0.1, -0.05) is 17.3 Å². The Labute approximate surface area is 151 Å². The number of carbonyl (C=O) groups is 1. The first-order chi connectivity index (χ1) is 12.6. The van der Waals surface area contributed by atoms with Crippen molar-refractivity contribution in [1.82, 2.24) is 19.8 Å². The smallest absolute Gasteiger partial charge is 0.221 e. The molecule has 1 aliphatic rings. The highest BCUT2D eigenvalue weighted by molar-refractivity contribution is 5.89. The van der Waals surface area contributed by atoms with Crippen LogP contribution in [-0.4, -0.2) is 32.3 Å². The molecule has 3 aromatic rings. The van der Waals surface area contributed by atoms with Gasteiger partial charge >= 0.3 is 0 Å². The fourth-order valence-electron chi connectivity index (χ4n) is 3.41. The van der Waals surface area contributed by atoms with Crippen molar-refractivity contribution < 1.29 is 9.32 Å². The summed E-state index contributed by atoms with van der Waals surface area (Å²) in [6.07, 6.45) is 4.60. The standard InChI is InChI=1S/C19H21N5O2/c1-13(25)21-18-5-3-4-14-11-24(7-6-17(14)18)12-16-8-19(22-26-16)15-9-20-23(2)10-15/h3-5,8-10H,6-7,11-12H2,1-2H3,(H,21,25). The first-order valence-electron chi connectivity index (χ1n) is 8.64. The largest absolute Gasteiger partial charge is 0.359 e. The summed E-state index contributed by atoms with van der Waals surface area (Å²) < 4.78 is 7.26. The van der Waals surface area contributed by atoms with Crippen LogP contribution in [0.25, 0.3) is 11.3 Å². The van der Waals surface area contributed by atoms with Crippen LogP contribution in [-0.2, 0) is 31.4 Å². The van der Waals surface area contributed by atoms with E-state index in [0.717, 1.165) is 42.2 Å². The predicted molar refractivity (Wildman–Crippen MR) is 97.3 cm³/mol. The van der Waals surface area contributed by atoms with Crippen molar-refractivity contribution in [3.05, 3.63) is 53.5 Å². The van der Waals surface area contributed by atoms with Gasteiger partial charge in [-0.25, -0.2) is 0 Å². The molecule has 0 fully saturated rings. The number of rotatable bonds is 4. The third kappa shape index (κ3) is 3.39. The van der Waals surface area contributed by atoms with Gasteiger partial charge in [-0.3, -0.25) is 14.4 Å². The van der Waals surface area contributed by atoms with Crippen LogP contribution in [0.5, 0.6) is 0 Å². The predicted octanol–water partition coefficient (Wildman–Crippen LogP) is 2.59. The van der Waals surface area contributed by atoms with Crippen LogP contribution in [0.1, 0.15) is 23.8 Å². The monoisotopic (exact) mass is 351 g/mol. The Kier molecular flexibility index (Phi) is 4.30. The number of benzene rings is 1. The maximum absolute atomic E-state index is 11.4. The first-order valence-corrected chi connectivity index (χ1v) is 8.64. The Balaban J connectivity index is 1.47. The number of fused-ring (bicyclic) bond motifs is 1. The Hall–Kier alpha value is -2.93. The maximum atomic E-state index is 11.4. The van der Waals surface area contributed by atoms with Crippen molar-refractivity contribution in [2.75, 3.05) is 11.9 Å². The molecule has 0 atom stereocenters. The summed E-state index contributed by atoms with van der Waals surface area (Å²) in [5.74, 6) is 0.802. The van der Waals surface area contributed by atoms with Crippen LogP contribution in [0.4, 0.5) is 5.69 Å². The molecule has 7 nitrogen and oxygen atoms in total. The van der Waals surface area contributed by atoms with Crippen LogP contribution < -0.4 is 5.32 Å². The van der Waals surface area contributed by atoms with Crippen LogP contribution >= 0.6 is 0 Å². The summed E-state index contributed by atoms with van der Waals surface area (Å²) in [4.78, 5) is 13.7. The lowest BCUT2D eigenvalue weighted by Crippen LogP contribution is -2.30. The highest BCUT2D eigenvalue weighted by atomic mass is 16.5. The van der Waals surface area contributed by atoms with Gasteiger partial charge in [0.25, 0.3) is 0 Å². The van der Waals surface area contributed by atoms with E-state index in [1.807, 2.05) is 31.4 Å². The average Bonchev–Trinajstić information content (AvgIpc) is 3.23. The number of aromatic nitrogens is 3. The molecule has 1 amide bonds. The molecule has 0 saturated carbocycles. The summed E-state index contributed by atoms with van der Waals surface area (Å²) in [6.45, 7) is 3.98. The number of hydrogen-bond donors (Lipinski definition) is 1. The third-order valence-electron chi connectivity index (χ3n) is 4.59. The molecular formula is C19H21N5O2. The number of nitrogens with one attached hydrogen (secondary N) is 1. The molecule has 0 bridgehead atoms. The van der Waals surface area contributed by atoms with Gasteiger partial charge in [0, 0.05) is 50.6 Å². The van der Waals surface area contributed by atoms with Gasteiger partial charge in [-0.2, -0.15) is 5.10 Å². The van der Waals surface area contributed by atoms with Crippen molar-refractivity contribution >= 4 is 11.6 Å². The van der Waals surface area contributed by atoms with E-state index >= 15 is 0 Å². The number of aryl methyl sites for hydroxylation is 1. The third-order valence-corrected chi connectivity index (χ3v) is 4.59. The van der Waals surface area contributed by atoms with Gasteiger partial charge < -0.3 is 9.84 Å². The molecular weight excluding hydrogens is 330 g/mol. The van der Waals surface area contributed by atoms with Crippen molar-refractivity contribution in [3.8, 4) is 11.3 Å². The van der Waals surface area contributed by atoms with Crippen LogP contribution in [0.3, 0.4) is 0 Å². The fourth-order valence-corrected chi connectivity index (χ4v) is 3.41. The zero-order valence-corrected chi connectivity index (χ0v) is 14.9. The van der Waals surface area contributed by atoms with Crippen LogP contribution in [0, 0.1) is 0 Å². The Morgan fingerprint density at radius 3 is 3.04 bits per heavy atom. The zero-order chi connectivity index (χ0) is 18.1. The van der Waals surface area contributed by atoms with Gasteiger partial charge in [0.2, 0.25) is 5.91 Å². The highest BCUT2D eigenvalue weighted by Crippen LogP contribution is 2.27. The van der Waals surface area contributed by atoms with E-state index in [1.165, 1.54) is 18.1 Å². The van der Waals surface area contributed by atoms with E-state index in [9.17, 15) is 4.79 Å². The number of anilines is 1. The molecule has 3 heterocycles. The van der Waals surface area contributed by atoms with Gasteiger partial charge in [0.1, 0.15) is 5.69 Å². The number of hydrogen-bond acceptors (Lipinski definition) is 5. The molecule has 0 saturated heterocycles. The molecule has 26 heavy (non-hydrogen) atoms. The summed E-state index contributed by atoms with van der Waals surface area (Å²) in [7, 11) is 1.88. The SMILES string of the molecule is CC(=O)Nc1cccc2c1CCN(Cc1cc(-c3cnn(C)c3)no1)C2. The molecule has 7 heteroatoms. The zero-order valence-electron chi connectivity index (χ0n) is 14.9. The van der Waals surface area contributed by atoms with E-state index in [4.69, 9.17) is 4.52 Å². The summed E-state index contributed by atoms with van der Waals surface area (Å²) in [6, 6.07) is 8.05. The quantitative estimate of drug-likeness (QED) is 0.782. The summed E-state index contributed by atoms with van der Waals surface area (Å²) in [5, 5.41) is 11.2. The normalized spacial score (nSPS) is 14.2. The molecule has 0 spiro atoms. The second-order valence-corrected chi connectivity index (χ2v) is 6.67. The fraction of sp³-hybridized carbons (Fsp3) is 0.316. The van der Waals surface area contributed by atoms with Crippen LogP contribution in [0.2, 0.25) is 0 Å². The molecule has 1 N–H and O–H groups in total. The molecule has 0 unspecified atom stereocenters. The maximum Gasteiger partial charge on any atom is 0.221 e. The second kappa shape index (κ2) is 6.76. The lowest BCUT2D eigenvalue weighted by molar-refractivity contribution is -0.114. The Bertz CT molecular complexity index is 943. The highest BCUT2D eigenvalue weighted by Gasteiger charge is 2.20. The number of amides is 1. The molecule has 2 aromatic heterocycles. The summed E-state index contributed by atoms with van der Waals surface area (Å²) >= 11 is 0. The molecule has 0 aliphatic carbocycles. The van der Waals surface area contributed by atoms with Crippen LogP contribution in [0.15, 0.2) is 41.2 Å². The van der Waals surface area contributed by atoms with Crippen molar-refractivity contribution in [3.63, 3.8) is 0 Å². The molecule has 4 rings (SSSR count).